The Hall–Kier alpha value is -1.55. The highest BCUT2D eigenvalue weighted by molar-refractivity contribution is 7.15. The molecule has 0 aliphatic heterocycles. The molecule has 0 aliphatic carbocycles. The first-order valence-electron chi connectivity index (χ1n) is 5.94. The van der Waals surface area contributed by atoms with Gasteiger partial charge in [-0.3, -0.25) is 4.79 Å². The van der Waals surface area contributed by atoms with E-state index in [1.54, 1.807) is 6.92 Å². The molecule has 2 N–H and O–H groups in total. The molecule has 9 heteroatoms. The first-order chi connectivity index (χ1) is 9.87. The number of carboxylic acids is 1. The largest absolute Gasteiger partial charge is 0.477 e. The van der Waals surface area contributed by atoms with E-state index in [9.17, 15) is 9.59 Å². The zero-order chi connectivity index (χ0) is 16.0. The second kappa shape index (κ2) is 7.46. The summed E-state index contributed by atoms with van der Waals surface area (Å²) in [6.45, 7) is 1.83. The number of hydrogen-bond acceptors (Lipinski definition) is 7. The van der Waals surface area contributed by atoms with Gasteiger partial charge in [0.15, 0.2) is 11.3 Å². The quantitative estimate of drug-likeness (QED) is 0.676. The number of ether oxygens (including phenoxy) is 3. The molecule has 0 fully saturated rings. The Morgan fingerprint density at radius 3 is 2.48 bits per heavy atom. The number of aromatic carboxylic acids is 1. The van der Waals surface area contributed by atoms with Crippen molar-refractivity contribution in [2.45, 2.75) is 18.8 Å². The van der Waals surface area contributed by atoms with E-state index >= 15 is 0 Å². The van der Waals surface area contributed by atoms with Crippen LogP contribution in [-0.4, -0.2) is 61.7 Å². The fourth-order valence-corrected chi connectivity index (χ4v) is 2.52. The Kier molecular flexibility index (Phi) is 6.21. The molecular weight excluding hydrogens is 300 g/mol. The second-order valence-electron chi connectivity index (χ2n) is 4.44. The molecule has 118 valence electrons. The number of carboxylic acid groups (broad SMARTS) is 1. The summed E-state index contributed by atoms with van der Waals surface area (Å²) < 4.78 is 15.4. The van der Waals surface area contributed by atoms with Crippen LogP contribution in [0, 0.1) is 0 Å². The summed E-state index contributed by atoms with van der Waals surface area (Å²) in [5.74, 6) is -1.65. The fraction of sp³-hybridized carbons (Fsp3) is 0.583. The van der Waals surface area contributed by atoms with E-state index < -0.39 is 23.7 Å². The predicted octanol–water partition coefficient (Wildman–Crippen LogP) is 0.595. The summed E-state index contributed by atoms with van der Waals surface area (Å²) in [6.07, 6.45) is 0.403. The van der Waals surface area contributed by atoms with Crippen molar-refractivity contribution in [2.75, 3.05) is 27.9 Å². The van der Waals surface area contributed by atoms with E-state index in [-0.39, 0.29) is 16.5 Å². The van der Waals surface area contributed by atoms with E-state index in [0.717, 1.165) is 17.5 Å². The Balaban J connectivity index is 2.91. The van der Waals surface area contributed by atoms with Crippen LogP contribution >= 0.6 is 11.3 Å². The van der Waals surface area contributed by atoms with E-state index in [2.05, 4.69) is 10.3 Å². The number of amides is 1. The van der Waals surface area contributed by atoms with Crippen molar-refractivity contribution < 1.29 is 28.9 Å². The van der Waals surface area contributed by atoms with Crippen LogP contribution in [0.4, 0.5) is 0 Å². The minimum absolute atomic E-state index is 0.0105. The zero-order valence-electron chi connectivity index (χ0n) is 12.2. The lowest BCUT2D eigenvalue weighted by atomic mass is 10.0. The van der Waals surface area contributed by atoms with Gasteiger partial charge in [0.1, 0.15) is 10.4 Å². The molecule has 0 spiro atoms. The molecule has 21 heavy (non-hydrogen) atoms. The topological polar surface area (TPSA) is 107 Å². The average Bonchev–Trinajstić information content (AvgIpc) is 2.89. The van der Waals surface area contributed by atoms with Crippen molar-refractivity contribution in [3.05, 3.63) is 16.1 Å². The number of rotatable bonds is 8. The summed E-state index contributed by atoms with van der Waals surface area (Å²) in [4.78, 5) is 26.8. The molecule has 0 radical (unpaired) electrons. The maximum absolute atomic E-state index is 12.2. The maximum atomic E-state index is 12.2. The van der Waals surface area contributed by atoms with Gasteiger partial charge in [-0.1, -0.05) is 0 Å². The highest BCUT2D eigenvalue weighted by Gasteiger charge is 2.37. The minimum Gasteiger partial charge on any atom is -0.477 e. The summed E-state index contributed by atoms with van der Waals surface area (Å²) in [5, 5.41) is 11.6. The van der Waals surface area contributed by atoms with Crippen molar-refractivity contribution in [3.8, 4) is 0 Å². The van der Waals surface area contributed by atoms with Crippen molar-refractivity contribution in [1.29, 1.82) is 0 Å². The number of thiazole rings is 1. The van der Waals surface area contributed by atoms with Crippen LogP contribution in [0.3, 0.4) is 0 Å². The minimum atomic E-state index is -1.13. The smallest absolute Gasteiger partial charge is 0.347 e. The lowest BCUT2D eigenvalue weighted by Gasteiger charge is -2.35. The Morgan fingerprint density at radius 1 is 1.43 bits per heavy atom. The van der Waals surface area contributed by atoms with Crippen LogP contribution < -0.4 is 5.32 Å². The van der Waals surface area contributed by atoms with Crippen molar-refractivity contribution in [3.63, 3.8) is 0 Å². The van der Waals surface area contributed by atoms with Gasteiger partial charge < -0.3 is 24.6 Å². The van der Waals surface area contributed by atoms with Crippen LogP contribution in [0.5, 0.6) is 0 Å². The lowest BCUT2D eigenvalue weighted by Crippen LogP contribution is -2.58. The van der Waals surface area contributed by atoms with E-state index in [1.807, 2.05) is 0 Å². The van der Waals surface area contributed by atoms with Crippen molar-refractivity contribution in [1.82, 2.24) is 10.3 Å². The van der Waals surface area contributed by atoms with Gasteiger partial charge in [-0.05, 0) is 6.92 Å². The van der Waals surface area contributed by atoms with Gasteiger partial charge >= 0.3 is 5.97 Å². The number of carbonyl (C=O) groups excluding carboxylic acids is 1. The van der Waals surface area contributed by atoms with Gasteiger partial charge in [-0.25, -0.2) is 9.78 Å². The molecule has 1 aromatic rings. The molecule has 1 heterocycles. The monoisotopic (exact) mass is 318 g/mol. The molecule has 0 aromatic carbocycles. The summed E-state index contributed by atoms with van der Waals surface area (Å²) in [7, 11) is 4.37. The van der Waals surface area contributed by atoms with Crippen LogP contribution in [0.1, 0.15) is 26.4 Å². The number of carbonyl (C=O) groups is 2. The van der Waals surface area contributed by atoms with Crippen LogP contribution in [0.25, 0.3) is 0 Å². The van der Waals surface area contributed by atoms with Crippen LogP contribution in [0.2, 0.25) is 0 Å². The van der Waals surface area contributed by atoms with E-state index in [1.165, 1.54) is 21.3 Å². The molecule has 0 bridgehead atoms. The predicted molar refractivity (Wildman–Crippen MR) is 74.6 cm³/mol. The van der Waals surface area contributed by atoms with E-state index in [4.69, 9.17) is 19.3 Å². The highest BCUT2D eigenvalue weighted by Crippen LogP contribution is 2.18. The molecule has 1 rings (SSSR count). The van der Waals surface area contributed by atoms with Gasteiger partial charge in [-0.2, -0.15) is 0 Å². The van der Waals surface area contributed by atoms with Gasteiger partial charge in [0.2, 0.25) is 0 Å². The van der Waals surface area contributed by atoms with Crippen molar-refractivity contribution in [2.24, 2.45) is 0 Å². The molecule has 1 amide bonds. The molecule has 1 unspecified atom stereocenters. The summed E-state index contributed by atoms with van der Waals surface area (Å²) in [6, 6.07) is 0. The maximum Gasteiger partial charge on any atom is 0.347 e. The number of hydrogen-bond donors (Lipinski definition) is 2. The Bertz CT molecular complexity index is 502. The number of aromatic nitrogens is 1. The van der Waals surface area contributed by atoms with Crippen LogP contribution in [0.15, 0.2) is 6.20 Å². The molecule has 0 aliphatic rings. The molecule has 8 nitrogen and oxygen atoms in total. The van der Waals surface area contributed by atoms with Crippen molar-refractivity contribution >= 4 is 23.2 Å². The average molecular weight is 318 g/mol. The Labute approximate surface area is 126 Å². The molecule has 1 aromatic heterocycles. The molecule has 0 saturated heterocycles. The standard InChI is InChI=1S/C12H18N2O6S/c1-12(6-18-2,11(19-3)20-4)14-8(15)9-13-5-7(21-9)10(16)17/h5,11H,6H2,1-4H3,(H,14,15)(H,16,17). The first kappa shape index (κ1) is 17.5. The van der Waals surface area contributed by atoms with Crippen LogP contribution in [-0.2, 0) is 14.2 Å². The second-order valence-corrected chi connectivity index (χ2v) is 5.47. The third-order valence-corrected chi connectivity index (χ3v) is 3.69. The SMILES string of the molecule is COCC(C)(NC(=O)c1ncc(C(=O)O)s1)C(OC)OC. The number of nitrogens with one attached hydrogen (secondary N) is 1. The molecule has 0 saturated carbocycles. The lowest BCUT2D eigenvalue weighted by molar-refractivity contribution is -0.160. The van der Waals surface area contributed by atoms with Gasteiger partial charge in [-0.15, -0.1) is 11.3 Å². The Morgan fingerprint density at radius 2 is 2.05 bits per heavy atom. The molecule has 1 atom stereocenters. The third-order valence-electron chi connectivity index (χ3n) is 2.70. The summed E-state index contributed by atoms with van der Waals surface area (Å²) in [5.41, 5.74) is -0.954. The van der Waals surface area contributed by atoms with Gasteiger partial charge in [0, 0.05) is 21.3 Å². The third kappa shape index (κ3) is 4.21. The zero-order valence-corrected chi connectivity index (χ0v) is 13.0. The molecular formula is C12H18N2O6S. The first-order valence-corrected chi connectivity index (χ1v) is 6.75. The number of methoxy groups -OCH3 is 3. The highest BCUT2D eigenvalue weighted by atomic mass is 32.1. The fourth-order valence-electron chi connectivity index (χ4n) is 1.87. The summed E-state index contributed by atoms with van der Waals surface area (Å²) >= 11 is 0.790. The number of nitrogens with zero attached hydrogens (tertiary/aromatic N) is 1. The van der Waals surface area contributed by atoms with Gasteiger partial charge in [0.05, 0.1) is 12.8 Å². The van der Waals surface area contributed by atoms with E-state index in [0.29, 0.717) is 0 Å². The van der Waals surface area contributed by atoms with Gasteiger partial charge in [0.25, 0.3) is 5.91 Å². The normalized spacial score (nSPS) is 14.0.